The zero-order valence-corrected chi connectivity index (χ0v) is 9.54. The van der Waals surface area contributed by atoms with Crippen molar-refractivity contribution in [3.05, 3.63) is 40.3 Å². The SMILES string of the molecule is COc1cc2ccc(=O)oc2c2c1OC(O)C=C2. The van der Waals surface area contributed by atoms with Crippen molar-refractivity contribution in [1.29, 1.82) is 0 Å². The quantitative estimate of drug-likeness (QED) is 0.773. The third kappa shape index (κ3) is 1.56. The van der Waals surface area contributed by atoms with E-state index in [1.165, 1.54) is 19.3 Å². The lowest BCUT2D eigenvalue weighted by molar-refractivity contribution is 0.0211. The zero-order chi connectivity index (χ0) is 12.7. The minimum absolute atomic E-state index is 0.370. The van der Waals surface area contributed by atoms with E-state index in [9.17, 15) is 9.90 Å². The van der Waals surface area contributed by atoms with Gasteiger partial charge in [0.15, 0.2) is 11.5 Å². The molecule has 0 radical (unpaired) electrons. The van der Waals surface area contributed by atoms with Crippen molar-refractivity contribution in [2.45, 2.75) is 6.29 Å². The van der Waals surface area contributed by atoms with Gasteiger partial charge < -0.3 is 19.0 Å². The first-order valence-corrected chi connectivity index (χ1v) is 5.37. The summed E-state index contributed by atoms with van der Waals surface area (Å²) >= 11 is 0. The normalized spacial score (nSPS) is 17.3. The van der Waals surface area contributed by atoms with Crippen LogP contribution in [0.1, 0.15) is 5.56 Å². The number of methoxy groups -OCH3 is 1. The summed E-state index contributed by atoms with van der Waals surface area (Å²) in [6.45, 7) is 0. The van der Waals surface area contributed by atoms with E-state index < -0.39 is 11.9 Å². The molecule has 1 aromatic heterocycles. The van der Waals surface area contributed by atoms with Crippen molar-refractivity contribution in [3.63, 3.8) is 0 Å². The molecule has 3 rings (SSSR count). The number of fused-ring (bicyclic) bond motifs is 3. The highest BCUT2D eigenvalue weighted by Crippen LogP contribution is 2.40. The molecule has 2 heterocycles. The molecule has 1 atom stereocenters. The molecule has 92 valence electrons. The highest BCUT2D eigenvalue weighted by molar-refractivity contribution is 5.91. The highest BCUT2D eigenvalue weighted by Gasteiger charge is 2.21. The predicted octanol–water partition coefficient (Wildman–Crippen LogP) is 1.53. The maximum atomic E-state index is 11.3. The largest absolute Gasteiger partial charge is 0.493 e. The minimum Gasteiger partial charge on any atom is -0.493 e. The van der Waals surface area contributed by atoms with Crippen LogP contribution in [0.5, 0.6) is 11.5 Å². The predicted molar refractivity (Wildman–Crippen MR) is 64.7 cm³/mol. The van der Waals surface area contributed by atoms with Gasteiger partial charge in [-0.25, -0.2) is 4.79 Å². The van der Waals surface area contributed by atoms with E-state index in [0.29, 0.717) is 22.6 Å². The van der Waals surface area contributed by atoms with E-state index in [0.717, 1.165) is 5.39 Å². The van der Waals surface area contributed by atoms with Gasteiger partial charge in [-0.2, -0.15) is 0 Å². The molecule has 0 amide bonds. The Labute approximate surface area is 102 Å². The Morgan fingerprint density at radius 3 is 3.00 bits per heavy atom. The van der Waals surface area contributed by atoms with Gasteiger partial charge in [0, 0.05) is 11.5 Å². The summed E-state index contributed by atoms with van der Waals surface area (Å²) in [6.07, 6.45) is 2.09. The van der Waals surface area contributed by atoms with Gasteiger partial charge >= 0.3 is 5.63 Å². The number of aliphatic hydroxyl groups is 1. The molecular formula is C13H10O5. The summed E-state index contributed by atoms with van der Waals surface area (Å²) in [5.41, 5.74) is 0.572. The maximum Gasteiger partial charge on any atom is 0.336 e. The van der Waals surface area contributed by atoms with Crippen molar-refractivity contribution in [1.82, 2.24) is 0 Å². The summed E-state index contributed by atoms with van der Waals surface area (Å²) in [7, 11) is 1.51. The van der Waals surface area contributed by atoms with Crippen LogP contribution in [0.2, 0.25) is 0 Å². The summed E-state index contributed by atoms with van der Waals surface area (Å²) in [6, 6.07) is 4.70. The van der Waals surface area contributed by atoms with Gasteiger partial charge in [0.05, 0.1) is 12.7 Å². The Hall–Kier alpha value is -2.27. The zero-order valence-electron chi connectivity index (χ0n) is 9.54. The third-order valence-electron chi connectivity index (χ3n) is 2.75. The second-order valence-electron chi connectivity index (χ2n) is 3.86. The molecular weight excluding hydrogens is 236 g/mol. The fourth-order valence-corrected chi connectivity index (χ4v) is 1.96. The second-order valence-corrected chi connectivity index (χ2v) is 3.86. The van der Waals surface area contributed by atoms with Gasteiger partial charge in [-0.1, -0.05) is 0 Å². The molecule has 18 heavy (non-hydrogen) atoms. The molecule has 0 aliphatic carbocycles. The Morgan fingerprint density at radius 1 is 1.39 bits per heavy atom. The number of benzene rings is 1. The average molecular weight is 246 g/mol. The van der Waals surface area contributed by atoms with Crippen LogP contribution in [0.15, 0.2) is 33.5 Å². The van der Waals surface area contributed by atoms with Gasteiger partial charge in [0.1, 0.15) is 5.58 Å². The molecule has 5 heteroatoms. The van der Waals surface area contributed by atoms with E-state index in [1.54, 1.807) is 18.2 Å². The molecule has 2 aromatic rings. The van der Waals surface area contributed by atoms with E-state index in [-0.39, 0.29) is 0 Å². The molecule has 0 spiro atoms. The van der Waals surface area contributed by atoms with Crippen molar-refractivity contribution in [2.24, 2.45) is 0 Å². The Bertz CT molecular complexity index is 698. The standard InChI is InChI=1S/C13H10O5/c1-16-9-6-7-2-4-10(14)17-12(7)8-3-5-11(15)18-13(8)9/h2-6,11,15H,1H3. The van der Waals surface area contributed by atoms with Crippen molar-refractivity contribution in [3.8, 4) is 11.5 Å². The summed E-state index contributed by atoms with van der Waals surface area (Å²) in [4.78, 5) is 11.3. The smallest absolute Gasteiger partial charge is 0.336 e. The van der Waals surface area contributed by atoms with E-state index in [1.807, 2.05) is 0 Å². The molecule has 0 saturated heterocycles. The van der Waals surface area contributed by atoms with Gasteiger partial charge in [-0.3, -0.25) is 0 Å². The summed E-state index contributed by atoms with van der Waals surface area (Å²) in [5.74, 6) is 0.851. The molecule has 1 aliphatic heterocycles. The first-order valence-electron chi connectivity index (χ1n) is 5.37. The first kappa shape index (κ1) is 10.9. The Balaban J connectivity index is 2.40. The van der Waals surface area contributed by atoms with E-state index >= 15 is 0 Å². The molecule has 5 nitrogen and oxygen atoms in total. The first-order chi connectivity index (χ1) is 8.69. The Kier molecular flexibility index (Phi) is 2.34. The van der Waals surface area contributed by atoms with Crippen molar-refractivity contribution >= 4 is 17.0 Å². The van der Waals surface area contributed by atoms with Crippen LogP contribution < -0.4 is 15.1 Å². The number of hydrogen-bond acceptors (Lipinski definition) is 5. The highest BCUT2D eigenvalue weighted by atomic mass is 16.6. The minimum atomic E-state index is -1.03. The fourth-order valence-electron chi connectivity index (χ4n) is 1.96. The number of aliphatic hydroxyl groups excluding tert-OH is 1. The second kappa shape index (κ2) is 3.89. The van der Waals surface area contributed by atoms with Crippen LogP contribution in [0.3, 0.4) is 0 Å². The lowest BCUT2D eigenvalue weighted by atomic mass is 10.1. The van der Waals surface area contributed by atoms with Crippen LogP contribution in [0.4, 0.5) is 0 Å². The molecule has 0 bridgehead atoms. The molecule has 1 N–H and O–H groups in total. The lowest BCUT2D eigenvalue weighted by Crippen LogP contribution is -2.16. The van der Waals surface area contributed by atoms with Gasteiger partial charge in [0.25, 0.3) is 0 Å². The monoisotopic (exact) mass is 246 g/mol. The van der Waals surface area contributed by atoms with E-state index in [4.69, 9.17) is 13.9 Å². The van der Waals surface area contributed by atoms with Crippen LogP contribution >= 0.6 is 0 Å². The number of hydrogen-bond donors (Lipinski definition) is 1. The van der Waals surface area contributed by atoms with Gasteiger partial charge in [0.2, 0.25) is 6.29 Å². The van der Waals surface area contributed by atoms with Crippen LogP contribution in [0.25, 0.3) is 17.0 Å². The van der Waals surface area contributed by atoms with E-state index in [2.05, 4.69) is 0 Å². The van der Waals surface area contributed by atoms with Gasteiger partial charge in [-0.05, 0) is 24.3 Å². The molecule has 1 unspecified atom stereocenters. The van der Waals surface area contributed by atoms with Crippen LogP contribution in [-0.4, -0.2) is 18.5 Å². The lowest BCUT2D eigenvalue weighted by Gasteiger charge is -2.20. The van der Waals surface area contributed by atoms with Crippen molar-refractivity contribution in [2.75, 3.05) is 7.11 Å². The third-order valence-corrected chi connectivity index (χ3v) is 2.75. The number of rotatable bonds is 1. The maximum absolute atomic E-state index is 11.3. The number of ether oxygens (including phenoxy) is 2. The van der Waals surface area contributed by atoms with Gasteiger partial charge in [-0.15, -0.1) is 0 Å². The topological polar surface area (TPSA) is 68.9 Å². The fraction of sp³-hybridized carbons (Fsp3) is 0.154. The Morgan fingerprint density at radius 2 is 2.22 bits per heavy atom. The molecule has 0 fully saturated rings. The van der Waals surface area contributed by atoms with Crippen LogP contribution in [-0.2, 0) is 0 Å². The molecule has 1 aromatic carbocycles. The van der Waals surface area contributed by atoms with Crippen molar-refractivity contribution < 1.29 is 19.0 Å². The molecule has 0 saturated carbocycles. The van der Waals surface area contributed by atoms with Crippen LogP contribution in [0, 0.1) is 0 Å². The average Bonchev–Trinajstić information content (AvgIpc) is 2.37. The summed E-state index contributed by atoms with van der Waals surface area (Å²) < 4.78 is 15.7. The summed E-state index contributed by atoms with van der Waals surface area (Å²) in [5, 5.41) is 10.2. The molecule has 1 aliphatic rings.